The number of rotatable bonds is 4. The van der Waals surface area contributed by atoms with E-state index in [-0.39, 0.29) is 5.69 Å². The molecule has 8 heteroatoms. The Labute approximate surface area is 208 Å². The van der Waals surface area contributed by atoms with Crippen LogP contribution in [0, 0.1) is 20.8 Å². The average molecular weight is 502 g/mol. The molecule has 0 saturated carbocycles. The molecule has 0 fully saturated rings. The van der Waals surface area contributed by atoms with Crippen LogP contribution in [-0.2, 0) is 19.6 Å². The number of fused-ring (bicyclic) bond motifs is 1. The average Bonchev–Trinajstić information content (AvgIpc) is 2.78. The third-order valence-corrected chi connectivity index (χ3v) is 6.86. The Hall–Kier alpha value is -2.84. The normalized spacial score (nSPS) is 16.9. The smallest absolute Gasteiger partial charge is 0.337 e. The zero-order valence-electron chi connectivity index (χ0n) is 21.3. The van der Waals surface area contributed by atoms with E-state index < -0.39 is 27.7 Å². The van der Waals surface area contributed by atoms with E-state index in [2.05, 4.69) is 4.72 Å². The summed E-state index contributed by atoms with van der Waals surface area (Å²) in [4.78, 5) is 12.5. The number of anilines is 1. The van der Waals surface area contributed by atoms with Crippen LogP contribution in [0.25, 0.3) is 11.1 Å². The van der Waals surface area contributed by atoms with E-state index in [1.807, 2.05) is 38.1 Å². The Morgan fingerprint density at radius 1 is 1.09 bits per heavy atom. The van der Waals surface area contributed by atoms with Gasteiger partial charge in [-0.3, -0.25) is 4.72 Å². The number of sulfonamides is 1. The second-order valence-electron chi connectivity index (χ2n) is 9.92. The number of nitrogens with one attached hydrogen (secondary N) is 1. The lowest BCUT2D eigenvalue weighted by Crippen LogP contribution is -2.29. The summed E-state index contributed by atoms with van der Waals surface area (Å²) >= 11 is 0. The lowest BCUT2D eigenvalue weighted by atomic mass is 9.86. The predicted molar refractivity (Wildman–Crippen MR) is 138 cm³/mol. The minimum absolute atomic E-state index is 0.240. The maximum absolute atomic E-state index is 12.9. The van der Waals surface area contributed by atoms with Crippen LogP contribution >= 0.6 is 0 Å². The van der Waals surface area contributed by atoms with E-state index in [0.717, 1.165) is 29.4 Å². The highest BCUT2D eigenvalue weighted by Crippen LogP contribution is 2.47. The molecule has 0 spiro atoms. The quantitative estimate of drug-likeness (QED) is 0.530. The van der Waals surface area contributed by atoms with Crippen molar-refractivity contribution in [2.24, 2.45) is 0 Å². The van der Waals surface area contributed by atoms with E-state index >= 15 is 0 Å². The first-order valence-corrected chi connectivity index (χ1v) is 13.3. The number of aryl methyl sites for hydroxylation is 1. The Bertz CT molecular complexity index is 1220. The number of carbonyl (C=O) groups is 1. The van der Waals surface area contributed by atoms with E-state index in [1.165, 1.54) is 0 Å². The van der Waals surface area contributed by atoms with Gasteiger partial charge in [0.25, 0.3) is 10.0 Å². The maximum atomic E-state index is 12.9. The van der Waals surface area contributed by atoms with Gasteiger partial charge in [0.05, 0.1) is 17.9 Å². The van der Waals surface area contributed by atoms with Gasteiger partial charge in [0.1, 0.15) is 5.75 Å². The molecule has 0 unspecified atom stereocenters. The Morgan fingerprint density at radius 2 is 1.74 bits per heavy atom. The number of hydrogen-bond donors (Lipinski definition) is 2. The highest BCUT2D eigenvalue weighted by atomic mass is 32.2. The zero-order chi connectivity index (χ0) is 26.0. The third-order valence-electron chi connectivity index (χ3n) is 5.82. The van der Waals surface area contributed by atoms with Gasteiger partial charge in [0.15, 0.2) is 6.10 Å². The van der Waals surface area contributed by atoms with Crippen molar-refractivity contribution >= 4 is 21.7 Å². The summed E-state index contributed by atoms with van der Waals surface area (Å²) in [6, 6.07) is 7.78. The first-order chi connectivity index (χ1) is 16.3. The van der Waals surface area contributed by atoms with Crippen molar-refractivity contribution in [3.63, 3.8) is 0 Å². The molecule has 0 bridgehead atoms. The Balaban J connectivity index is 2.41. The molecule has 7 nitrogen and oxygen atoms in total. The number of ether oxygens (including phenoxy) is 2. The van der Waals surface area contributed by atoms with Crippen LogP contribution in [0.4, 0.5) is 5.69 Å². The zero-order valence-corrected chi connectivity index (χ0v) is 22.1. The molecule has 0 saturated heterocycles. The van der Waals surface area contributed by atoms with Crippen molar-refractivity contribution in [2.75, 3.05) is 11.3 Å². The highest BCUT2D eigenvalue weighted by molar-refractivity contribution is 7.95. The summed E-state index contributed by atoms with van der Waals surface area (Å²) in [6.07, 6.45) is 2.48. The van der Waals surface area contributed by atoms with Crippen LogP contribution in [0.15, 0.2) is 35.7 Å². The fourth-order valence-corrected chi connectivity index (χ4v) is 5.20. The molecule has 2 aromatic rings. The van der Waals surface area contributed by atoms with Gasteiger partial charge < -0.3 is 14.6 Å². The minimum atomic E-state index is -3.83. The monoisotopic (exact) mass is 501 g/mol. The predicted octanol–water partition coefficient (Wildman–Crippen LogP) is 6.04. The first kappa shape index (κ1) is 26.8. The number of carboxylic acid groups (broad SMARTS) is 1. The van der Waals surface area contributed by atoms with Crippen LogP contribution in [0.3, 0.4) is 0 Å². The van der Waals surface area contributed by atoms with Gasteiger partial charge >= 0.3 is 5.97 Å². The standard InChI is InChI=1S/C27H35NO6S/c1-17-11-13-20(14-12-17)21-19(3)24-23(28-35(31,32)16-10-8-7-9-15-33-24)18(2)22(21)25(26(29)30)34-27(4,5)6/h10-14,16,25,28H,7-9,15H2,1-6H3,(H,29,30)/t25-/m0/s1. The van der Waals surface area contributed by atoms with Gasteiger partial charge in [0.2, 0.25) is 0 Å². The van der Waals surface area contributed by atoms with Crippen molar-refractivity contribution in [3.8, 4) is 16.9 Å². The van der Waals surface area contributed by atoms with Gasteiger partial charge in [-0.15, -0.1) is 0 Å². The molecule has 2 N–H and O–H groups in total. The summed E-state index contributed by atoms with van der Waals surface area (Å²) < 4.78 is 40.6. The fraction of sp³-hybridized carbons (Fsp3) is 0.444. The van der Waals surface area contributed by atoms with Crippen molar-refractivity contribution in [1.29, 1.82) is 0 Å². The van der Waals surface area contributed by atoms with Crippen molar-refractivity contribution < 1.29 is 27.8 Å². The molecule has 35 heavy (non-hydrogen) atoms. The first-order valence-electron chi connectivity index (χ1n) is 11.8. The van der Waals surface area contributed by atoms with Crippen molar-refractivity contribution in [3.05, 3.63) is 58.0 Å². The van der Waals surface area contributed by atoms with Gasteiger partial charge in [0, 0.05) is 16.5 Å². The summed E-state index contributed by atoms with van der Waals surface area (Å²) in [5.41, 5.74) is 3.52. The molecule has 190 valence electrons. The summed E-state index contributed by atoms with van der Waals surface area (Å²) in [5.74, 6) is -0.753. The van der Waals surface area contributed by atoms with Gasteiger partial charge in [-0.25, -0.2) is 13.2 Å². The molecule has 0 aromatic heterocycles. The van der Waals surface area contributed by atoms with E-state index in [1.54, 1.807) is 33.8 Å². The second kappa shape index (κ2) is 10.4. The van der Waals surface area contributed by atoms with Crippen LogP contribution in [0.1, 0.15) is 68.4 Å². The van der Waals surface area contributed by atoms with E-state index in [0.29, 0.717) is 41.0 Å². The van der Waals surface area contributed by atoms with E-state index in [4.69, 9.17) is 9.47 Å². The van der Waals surface area contributed by atoms with Crippen LogP contribution in [0.2, 0.25) is 0 Å². The molecular weight excluding hydrogens is 466 g/mol. The molecule has 0 radical (unpaired) electrons. The summed E-state index contributed by atoms with van der Waals surface area (Å²) in [7, 11) is -3.83. The third kappa shape index (κ3) is 6.44. The molecule has 2 aromatic carbocycles. The van der Waals surface area contributed by atoms with Gasteiger partial charge in [-0.1, -0.05) is 35.9 Å². The van der Waals surface area contributed by atoms with Gasteiger partial charge in [-0.05, 0) is 77.5 Å². The Morgan fingerprint density at radius 3 is 2.34 bits per heavy atom. The number of hydrogen-bond acceptors (Lipinski definition) is 5. The van der Waals surface area contributed by atoms with Crippen molar-refractivity contribution in [2.45, 2.75) is 72.5 Å². The van der Waals surface area contributed by atoms with Crippen LogP contribution in [-0.4, -0.2) is 31.7 Å². The molecular formula is C27H35NO6S. The van der Waals surface area contributed by atoms with Gasteiger partial charge in [-0.2, -0.15) is 0 Å². The van der Waals surface area contributed by atoms with Crippen molar-refractivity contribution in [1.82, 2.24) is 0 Å². The number of allylic oxidation sites excluding steroid dienone is 1. The lowest BCUT2D eigenvalue weighted by molar-refractivity contribution is -0.160. The molecule has 1 atom stereocenters. The Kier molecular flexibility index (Phi) is 7.97. The topological polar surface area (TPSA) is 102 Å². The number of benzene rings is 2. The maximum Gasteiger partial charge on any atom is 0.337 e. The molecule has 1 aliphatic rings. The van der Waals surface area contributed by atoms with Crippen LogP contribution < -0.4 is 9.46 Å². The molecule has 1 aliphatic heterocycles. The molecule has 0 aliphatic carbocycles. The molecule has 3 rings (SSSR count). The lowest BCUT2D eigenvalue weighted by Gasteiger charge is -2.30. The second-order valence-corrected chi connectivity index (χ2v) is 11.5. The van der Waals surface area contributed by atoms with E-state index in [9.17, 15) is 18.3 Å². The number of aliphatic carboxylic acids is 1. The molecule has 1 heterocycles. The summed E-state index contributed by atoms with van der Waals surface area (Å²) in [6.45, 7) is 11.3. The highest BCUT2D eigenvalue weighted by Gasteiger charge is 2.34. The fourth-order valence-electron chi connectivity index (χ4n) is 4.21. The van der Waals surface area contributed by atoms with Crippen LogP contribution in [0.5, 0.6) is 5.75 Å². The minimum Gasteiger partial charge on any atom is -0.491 e. The summed E-state index contributed by atoms with van der Waals surface area (Å²) in [5, 5.41) is 11.4. The molecule has 0 amide bonds. The number of carboxylic acids is 1. The SMILES string of the molecule is Cc1ccc(-c2c(C)c3c(c(C)c2[C@H](OC(C)(C)C)C(=O)O)NS(=O)(=O)C=CCCCCO3)cc1. The largest absolute Gasteiger partial charge is 0.491 e.